The molecular formula is C14H15ClFNO3. The van der Waals surface area contributed by atoms with Gasteiger partial charge in [0.25, 0.3) is 5.91 Å². The molecule has 1 fully saturated rings. The number of rotatable bonds is 2. The first-order chi connectivity index (χ1) is 9.41. The van der Waals surface area contributed by atoms with Crippen LogP contribution in [-0.4, -0.2) is 34.5 Å². The molecule has 1 saturated heterocycles. The molecule has 0 saturated carbocycles. The lowest BCUT2D eigenvalue weighted by Crippen LogP contribution is -2.49. The second kappa shape index (κ2) is 5.79. The number of halogens is 2. The number of hydrogen-bond donors (Lipinski definition) is 1. The van der Waals surface area contributed by atoms with E-state index in [1.54, 1.807) is 6.92 Å². The highest BCUT2D eigenvalue weighted by molar-refractivity contribution is 6.33. The van der Waals surface area contributed by atoms with Gasteiger partial charge in [-0.15, -0.1) is 0 Å². The third kappa shape index (κ3) is 2.77. The first-order valence-corrected chi connectivity index (χ1v) is 6.78. The summed E-state index contributed by atoms with van der Waals surface area (Å²) in [7, 11) is 0. The number of aliphatic carboxylic acids is 1. The highest BCUT2D eigenvalue weighted by Gasteiger charge is 2.36. The summed E-state index contributed by atoms with van der Waals surface area (Å²) < 4.78 is 13.0. The molecule has 1 amide bonds. The van der Waals surface area contributed by atoms with Crippen LogP contribution in [0.25, 0.3) is 0 Å². The topological polar surface area (TPSA) is 57.6 Å². The predicted octanol–water partition coefficient (Wildman–Crippen LogP) is 2.80. The van der Waals surface area contributed by atoms with E-state index in [0.717, 1.165) is 6.07 Å². The van der Waals surface area contributed by atoms with Gasteiger partial charge >= 0.3 is 5.97 Å². The number of benzene rings is 1. The van der Waals surface area contributed by atoms with E-state index in [-0.39, 0.29) is 16.5 Å². The Morgan fingerprint density at radius 1 is 1.45 bits per heavy atom. The number of carboxylic acids is 1. The number of carboxylic acid groups (broad SMARTS) is 1. The van der Waals surface area contributed by atoms with Crippen LogP contribution >= 0.6 is 11.6 Å². The van der Waals surface area contributed by atoms with E-state index in [1.807, 2.05) is 0 Å². The largest absolute Gasteiger partial charge is 0.481 e. The van der Waals surface area contributed by atoms with Gasteiger partial charge in [-0.1, -0.05) is 11.6 Å². The average molecular weight is 300 g/mol. The van der Waals surface area contributed by atoms with E-state index < -0.39 is 23.7 Å². The summed E-state index contributed by atoms with van der Waals surface area (Å²) in [5.41, 5.74) is 0.200. The highest BCUT2D eigenvalue weighted by Crippen LogP contribution is 2.27. The van der Waals surface area contributed by atoms with Crippen LogP contribution < -0.4 is 0 Å². The van der Waals surface area contributed by atoms with Gasteiger partial charge in [0.2, 0.25) is 0 Å². The summed E-state index contributed by atoms with van der Waals surface area (Å²) in [5.74, 6) is -2.35. The third-order valence-electron chi connectivity index (χ3n) is 3.73. The first-order valence-electron chi connectivity index (χ1n) is 6.40. The lowest BCUT2D eigenvalue weighted by Gasteiger charge is -2.37. The van der Waals surface area contributed by atoms with Crippen LogP contribution in [0.15, 0.2) is 18.2 Å². The van der Waals surface area contributed by atoms with Crippen molar-refractivity contribution in [2.75, 3.05) is 6.54 Å². The monoisotopic (exact) mass is 299 g/mol. The van der Waals surface area contributed by atoms with Crippen molar-refractivity contribution in [1.82, 2.24) is 4.90 Å². The van der Waals surface area contributed by atoms with Crippen molar-refractivity contribution in [3.63, 3.8) is 0 Å². The number of likely N-dealkylation sites (tertiary alicyclic amines) is 1. The van der Waals surface area contributed by atoms with Crippen LogP contribution in [0.4, 0.5) is 4.39 Å². The molecule has 0 bridgehead atoms. The Balaban J connectivity index is 2.26. The van der Waals surface area contributed by atoms with Crippen molar-refractivity contribution >= 4 is 23.5 Å². The van der Waals surface area contributed by atoms with Crippen molar-refractivity contribution < 1.29 is 19.1 Å². The van der Waals surface area contributed by atoms with Crippen molar-refractivity contribution in [3.8, 4) is 0 Å². The summed E-state index contributed by atoms with van der Waals surface area (Å²) in [4.78, 5) is 25.1. The maximum atomic E-state index is 13.0. The first kappa shape index (κ1) is 14.8. The Morgan fingerprint density at radius 2 is 2.15 bits per heavy atom. The standard InChI is InChI=1S/C14H15ClFNO3/c1-8-10(14(19)20)3-2-6-17(8)13(18)11-5-4-9(16)7-12(11)15/h4-5,7-8,10H,2-3,6H2,1H3,(H,19,20)/t8-,10-/m1/s1. The molecule has 1 aromatic carbocycles. The molecule has 0 radical (unpaired) electrons. The Kier molecular flexibility index (Phi) is 4.28. The molecule has 1 N–H and O–H groups in total. The molecule has 2 rings (SSSR count). The van der Waals surface area contributed by atoms with E-state index in [1.165, 1.54) is 17.0 Å². The molecule has 0 aliphatic carbocycles. The van der Waals surface area contributed by atoms with E-state index in [4.69, 9.17) is 16.7 Å². The van der Waals surface area contributed by atoms with Crippen LogP contribution in [0, 0.1) is 11.7 Å². The highest BCUT2D eigenvalue weighted by atomic mass is 35.5. The Labute approximate surface area is 121 Å². The molecule has 6 heteroatoms. The maximum absolute atomic E-state index is 13.0. The van der Waals surface area contributed by atoms with Crippen LogP contribution in [-0.2, 0) is 4.79 Å². The van der Waals surface area contributed by atoms with Gasteiger partial charge in [0.1, 0.15) is 5.82 Å². The molecule has 0 aromatic heterocycles. The number of nitrogens with zero attached hydrogens (tertiary/aromatic N) is 1. The maximum Gasteiger partial charge on any atom is 0.308 e. The molecule has 1 aliphatic rings. The minimum atomic E-state index is -0.903. The van der Waals surface area contributed by atoms with Gasteiger partial charge in [-0.3, -0.25) is 9.59 Å². The van der Waals surface area contributed by atoms with Crippen molar-refractivity contribution in [2.45, 2.75) is 25.8 Å². The average Bonchev–Trinajstić information content (AvgIpc) is 2.38. The van der Waals surface area contributed by atoms with Gasteiger partial charge in [-0.25, -0.2) is 4.39 Å². The van der Waals surface area contributed by atoms with E-state index in [2.05, 4.69) is 0 Å². The number of piperidine rings is 1. The molecule has 0 spiro atoms. The summed E-state index contributed by atoms with van der Waals surface area (Å²) in [6.45, 7) is 2.20. The minimum Gasteiger partial charge on any atom is -0.481 e. The van der Waals surface area contributed by atoms with Gasteiger partial charge in [-0.05, 0) is 38.0 Å². The van der Waals surface area contributed by atoms with Gasteiger partial charge in [0, 0.05) is 12.6 Å². The number of carbonyl (C=O) groups excluding carboxylic acids is 1. The van der Waals surface area contributed by atoms with Crippen molar-refractivity contribution in [2.24, 2.45) is 5.92 Å². The summed E-state index contributed by atoms with van der Waals surface area (Å²) >= 11 is 5.89. The zero-order chi connectivity index (χ0) is 14.9. The molecule has 1 aliphatic heterocycles. The summed E-state index contributed by atoms with van der Waals surface area (Å²) in [6, 6.07) is 3.17. The van der Waals surface area contributed by atoms with E-state index >= 15 is 0 Å². The van der Waals surface area contributed by atoms with Crippen LogP contribution in [0.1, 0.15) is 30.1 Å². The van der Waals surface area contributed by atoms with Crippen molar-refractivity contribution in [3.05, 3.63) is 34.6 Å². The van der Waals surface area contributed by atoms with Crippen LogP contribution in [0.3, 0.4) is 0 Å². The van der Waals surface area contributed by atoms with Gasteiger partial charge in [0.05, 0.1) is 16.5 Å². The lowest BCUT2D eigenvalue weighted by molar-refractivity contribution is -0.144. The van der Waals surface area contributed by atoms with Crippen LogP contribution in [0.2, 0.25) is 5.02 Å². The fraction of sp³-hybridized carbons (Fsp3) is 0.429. The molecule has 0 unspecified atom stereocenters. The minimum absolute atomic E-state index is 0.0413. The summed E-state index contributed by atoms with van der Waals surface area (Å²) in [5, 5.41) is 9.20. The molecule has 1 aromatic rings. The molecular weight excluding hydrogens is 285 g/mol. The quantitative estimate of drug-likeness (QED) is 0.913. The number of carbonyl (C=O) groups is 2. The predicted molar refractivity (Wildman–Crippen MR) is 72.3 cm³/mol. The zero-order valence-electron chi connectivity index (χ0n) is 11.0. The second-order valence-corrected chi connectivity index (χ2v) is 5.36. The smallest absolute Gasteiger partial charge is 0.308 e. The lowest BCUT2D eigenvalue weighted by atomic mass is 9.90. The van der Waals surface area contributed by atoms with E-state index in [9.17, 15) is 14.0 Å². The Hall–Kier alpha value is -1.62. The third-order valence-corrected chi connectivity index (χ3v) is 4.04. The number of hydrogen-bond acceptors (Lipinski definition) is 2. The Morgan fingerprint density at radius 3 is 2.75 bits per heavy atom. The van der Waals surface area contributed by atoms with Gasteiger partial charge < -0.3 is 10.0 Å². The van der Waals surface area contributed by atoms with Crippen molar-refractivity contribution in [1.29, 1.82) is 0 Å². The zero-order valence-corrected chi connectivity index (χ0v) is 11.7. The van der Waals surface area contributed by atoms with Crippen LogP contribution in [0.5, 0.6) is 0 Å². The SMILES string of the molecule is C[C@@H]1[C@H](C(=O)O)CCCN1C(=O)c1ccc(F)cc1Cl. The van der Waals surface area contributed by atoms with Gasteiger partial charge in [0.15, 0.2) is 0 Å². The normalized spacial score (nSPS) is 22.6. The molecule has 108 valence electrons. The molecule has 4 nitrogen and oxygen atoms in total. The fourth-order valence-electron chi connectivity index (χ4n) is 2.58. The molecule has 2 atom stereocenters. The fourth-order valence-corrected chi connectivity index (χ4v) is 2.83. The second-order valence-electron chi connectivity index (χ2n) is 4.95. The Bertz CT molecular complexity index is 549. The van der Waals surface area contributed by atoms with E-state index in [0.29, 0.717) is 19.4 Å². The van der Waals surface area contributed by atoms with Gasteiger partial charge in [-0.2, -0.15) is 0 Å². The summed E-state index contributed by atoms with van der Waals surface area (Å²) in [6.07, 6.45) is 1.18. The molecule has 20 heavy (non-hydrogen) atoms. The number of amides is 1. The molecule has 1 heterocycles.